The lowest BCUT2D eigenvalue weighted by molar-refractivity contribution is 0.297. The van der Waals surface area contributed by atoms with Gasteiger partial charge in [0.25, 0.3) is 0 Å². The van der Waals surface area contributed by atoms with Gasteiger partial charge in [0.2, 0.25) is 0 Å². The molecule has 0 radical (unpaired) electrons. The second-order valence-electron chi connectivity index (χ2n) is 4.34. The van der Waals surface area contributed by atoms with E-state index in [0.29, 0.717) is 13.2 Å². The van der Waals surface area contributed by atoms with E-state index < -0.39 is 0 Å². The highest BCUT2D eigenvalue weighted by Gasteiger charge is 2.11. The number of hydrogen-bond acceptors (Lipinski definition) is 3. The molecule has 1 aromatic rings. The number of aliphatic imine (C=N–C) groups is 1. The Hall–Kier alpha value is -1.91. The lowest BCUT2D eigenvalue weighted by Crippen LogP contribution is -2.31. The van der Waals surface area contributed by atoms with E-state index in [1.165, 1.54) is 0 Å². The van der Waals surface area contributed by atoms with Crippen LogP contribution in [0.2, 0.25) is 0 Å². The Morgan fingerprint density at radius 2 is 2.05 bits per heavy atom. The predicted octanol–water partition coefficient (Wildman–Crippen LogP) is 2.25. The summed E-state index contributed by atoms with van der Waals surface area (Å²) in [6.07, 6.45) is 1.97. The molecule has 2 rings (SSSR count). The van der Waals surface area contributed by atoms with Gasteiger partial charge in [0.05, 0.1) is 13.2 Å². The van der Waals surface area contributed by atoms with Crippen molar-refractivity contribution in [2.24, 2.45) is 4.99 Å². The van der Waals surface area contributed by atoms with Crippen LogP contribution in [0.4, 0.5) is 5.69 Å². The molecule has 0 saturated carbocycles. The molecule has 2 N–H and O–H groups in total. The number of benzene rings is 1. The number of nitrogens with zero attached hydrogens (tertiary/aromatic N) is 1. The van der Waals surface area contributed by atoms with Crippen LogP contribution in [0.5, 0.6) is 11.5 Å². The summed E-state index contributed by atoms with van der Waals surface area (Å²) in [4.78, 5) is 4.17. The molecule has 0 amide bonds. The van der Waals surface area contributed by atoms with Gasteiger partial charge in [0.1, 0.15) is 0 Å². The van der Waals surface area contributed by atoms with Gasteiger partial charge in [-0.05, 0) is 18.6 Å². The highest BCUT2D eigenvalue weighted by Crippen LogP contribution is 2.32. The first-order valence-electron chi connectivity index (χ1n) is 6.71. The molecule has 0 aliphatic carbocycles. The normalized spacial score (nSPS) is 14.7. The van der Waals surface area contributed by atoms with E-state index in [2.05, 4.69) is 22.5 Å². The zero-order chi connectivity index (χ0) is 13.5. The molecule has 0 unspecified atom stereocenters. The van der Waals surface area contributed by atoms with Crippen LogP contribution in [-0.2, 0) is 0 Å². The van der Waals surface area contributed by atoms with Crippen LogP contribution in [0.3, 0.4) is 0 Å². The fraction of sp³-hybridized carbons (Fsp3) is 0.500. The zero-order valence-electron chi connectivity index (χ0n) is 11.5. The first kappa shape index (κ1) is 13.5. The van der Waals surface area contributed by atoms with Gasteiger partial charge < -0.3 is 20.1 Å². The monoisotopic (exact) mass is 263 g/mol. The molecule has 0 spiro atoms. The third kappa shape index (κ3) is 3.77. The number of hydrogen-bond donors (Lipinski definition) is 2. The second-order valence-corrected chi connectivity index (χ2v) is 4.34. The Labute approximate surface area is 114 Å². The number of anilines is 1. The maximum absolute atomic E-state index is 5.66. The Morgan fingerprint density at radius 3 is 2.79 bits per heavy atom. The second kappa shape index (κ2) is 6.87. The van der Waals surface area contributed by atoms with Gasteiger partial charge in [-0.3, -0.25) is 4.99 Å². The number of fused-ring (bicyclic) bond motifs is 1. The molecule has 0 aromatic heterocycles. The standard InChI is InChI=1S/C14H21N3O2/c1-3-7-16-14(15-2)17-11-5-6-12-13(10-11)19-9-4-8-18-12/h5-6,10H,3-4,7-9H2,1-2H3,(H2,15,16,17). The van der Waals surface area contributed by atoms with Crippen LogP contribution in [0, 0.1) is 0 Å². The van der Waals surface area contributed by atoms with Crippen LogP contribution in [0.15, 0.2) is 23.2 Å². The molecular weight excluding hydrogens is 242 g/mol. The molecule has 1 aliphatic rings. The molecule has 0 saturated heterocycles. The largest absolute Gasteiger partial charge is 0.490 e. The summed E-state index contributed by atoms with van der Waals surface area (Å²) >= 11 is 0. The maximum Gasteiger partial charge on any atom is 0.195 e. The zero-order valence-corrected chi connectivity index (χ0v) is 11.5. The molecule has 5 nitrogen and oxygen atoms in total. The van der Waals surface area contributed by atoms with Crippen molar-refractivity contribution in [1.82, 2.24) is 5.32 Å². The Morgan fingerprint density at radius 1 is 1.26 bits per heavy atom. The average molecular weight is 263 g/mol. The van der Waals surface area contributed by atoms with Gasteiger partial charge in [-0.25, -0.2) is 0 Å². The number of nitrogens with one attached hydrogen (secondary N) is 2. The molecule has 1 aliphatic heterocycles. The summed E-state index contributed by atoms with van der Waals surface area (Å²) in [6, 6.07) is 5.84. The van der Waals surface area contributed by atoms with Crippen LogP contribution < -0.4 is 20.1 Å². The Kier molecular flexibility index (Phi) is 4.89. The quantitative estimate of drug-likeness (QED) is 0.648. The van der Waals surface area contributed by atoms with Gasteiger partial charge >= 0.3 is 0 Å². The summed E-state index contributed by atoms with van der Waals surface area (Å²) < 4.78 is 11.3. The van der Waals surface area contributed by atoms with E-state index in [4.69, 9.17) is 9.47 Å². The third-order valence-corrected chi connectivity index (χ3v) is 2.78. The summed E-state index contributed by atoms with van der Waals surface area (Å²) in [5, 5.41) is 6.46. The number of ether oxygens (including phenoxy) is 2. The predicted molar refractivity (Wildman–Crippen MR) is 77.3 cm³/mol. The van der Waals surface area contributed by atoms with Crippen LogP contribution >= 0.6 is 0 Å². The SMILES string of the molecule is CCCNC(=NC)Nc1ccc2c(c1)OCCCO2. The molecule has 1 aromatic carbocycles. The molecule has 0 fully saturated rings. The summed E-state index contributed by atoms with van der Waals surface area (Å²) in [6.45, 7) is 4.41. The molecule has 0 atom stereocenters. The van der Waals surface area contributed by atoms with E-state index in [1.807, 2.05) is 18.2 Å². The fourth-order valence-corrected chi connectivity index (χ4v) is 1.80. The van der Waals surface area contributed by atoms with Crippen LogP contribution in [0.1, 0.15) is 19.8 Å². The molecule has 19 heavy (non-hydrogen) atoms. The Balaban J connectivity index is 2.06. The summed E-state index contributed by atoms with van der Waals surface area (Å²) in [7, 11) is 1.76. The van der Waals surface area contributed by atoms with E-state index in [0.717, 1.165) is 42.5 Å². The van der Waals surface area contributed by atoms with Crippen LogP contribution in [0.25, 0.3) is 0 Å². The fourth-order valence-electron chi connectivity index (χ4n) is 1.80. The van der Waals surface area contributed by atoms with Crippen molar-refractivity contribution in [2.45, 2.75) is 19.8 Å². The highest BCUT2D eigenvalue weighted by molar-refractivity contribution is 5.93. The average Bonchev–Trinajstić information content (AvgIpc) is 2.68. The Bertz CT molecular complexity index is 446. The minimum absolute atomic E-state index is 0.694. The van der Waals surface area contributed by atoms with Crippen LogP contribution in [-0.4, -0.2) is 32.8 Å². The first-order chi connectivity index (χ1) is 9.33. The smallest absolute Gasteiger partial charge is 0.195 e. The third-order valence-electron chi connectivity index (χ3n) is 2.78. The molecule has 104 valence electrons. The maximum atomic E-state index is 5.66. The van der Waals surface area contributed by atoms with Gasteiger partial charge in [-0.1, -0.05) is 6.92 Å². The summed E-state index contributed by atoms with van der Waals surface area (Å²) in [5.74, 6) is 2.35. The van der Waals surface area contributed by atoms with Crippen molar-refractivity contribution < 1.29 is 9.47 Å². The minimum atomic E-state index is 0.694. The van der Waals surface area contributed by atoms with Gasteiger partial charge in [0, 0.05) is 31.8 Å². The first-order valence-corrected chi connectivity index (χ1v) is 6.71. The van der Waals surface area contributed by atoms with Crippen molar-refractivity contribution in [3.8, 4) is 11.5 Å². The molecular formula is C14H21N3O2. The summed E-state index contributed by atoms with van der Waals surface area (Å²) in [5.41, 5.74) is 0.938. The molecule has 1 heterocycles. The van der Waals surface area contributed by atoms with Crippen molar-refractivity contribution in [3.05, 3.63) is 18.2 Å². The number of rotatable bonds is 3. The topological polar surface area (TPSA) is 54.9 Å². The van der Waals surface area contributed by atoms with Crippen molar-refractivity contribution >= 4 is 11.6 Å². The van der Waals surface area contributed by atoms with E-state index in [-0.39, 0.29) is 0 Å². The lowest BCUT2D eigenvalue weighted by atomic mass is 10.3. The number of guanidine groups is 1. The molecule has 5 heteroatoms. The highest BCUT2D eigenvalue weighted by atomic mass is 16.5. The van der Waals surface area contributed by atoms with Gasteiger partial charge in [0.15, 0.2) is 17.5 Å². The van der Waals surface area contributed by atoms with Gasteiger partial charge in [-0.15, -0.1) is 0 Å². The molecule has 0 bridgehead atoms. The van der Waals surface area contributed by atoms with E-state index >= 15 is 0 Å². The van der Waals surface area contributed by atoms with E-state index in [1.54, 1.807) is 7.05 Å². The van der Waals surface area contributed by atoms with Crippen molar-refractivity contribution in [2.75, 3.05) is 32.1 Å². The minimum Gasteiger partial charge on any atom is -0.490 e. The lowest BCUT2D eigenvalue weighted by Gasteiger charge is -2.13. The van der Waals surface area contributed by atoms with E-state index in [9.17, 15) is 0 Å². The van der Waals surface area contributed by atoms with Gasteiger partial charge in [-0.2, -0.15) is 0 Å². The van der Waals surface area contributed by atoms with Crippen molar-refractivity contribution in [1.29, 1.82) is 0 Å². The van der Waals surface area contributed by atoms with Crippen molar-refractivity contribution in [3.63, 3.8) is 0 Å².